The Bertz CT molecular complexity index is 1240. The number of amides is 1. The van der Waals surface area contributed by atoms with Crippen molar-refractivity contribution in [2.75, 3.05) is 13.2 Å². The molecule has 0 aliphatic carbocycles. The maximum absolute atomic E-state index is 12.6. The number of nitrogens with one attached hydrogen (secondary N) is 1. The van der Waals surface area contributed by atoms with Crippen molar-refractivity contribution in [3.05, 3.63) is 12.2 Å². The van der Waals surface area contributed by atoms with Crippen molar-refractivity contribution in [2.45, 2.75) is 450 Å². The molecule has 2 unspecified atom stereocenters. The summed E-state index contributed by atoms with van der Waals surface area (Å²) in [6.07, 6.45) is 90.0. The van der Waals surface area contributed by atoms with E-state index in [-0.39, 0.29) is 18.5 Å². The van der Waals surface area contributed by atoms with Crippen LogP contribution in [-0.4, -0.2) is 47.4 Å². The zero-order chi connectivity index (χ0) is 59.2. The Balaban J connectivity index is 3.35. The molecule has 0 saturated heterocycles. The van der Waals surface area contributed by atoms with Crippen molar-refractivity contribution in [3.8, 4) is 0 Å². The number of esters is 1. The SMILES string of the molecule is CCCCCCCCCCCCCCCCCCCCCCC(O)C(CO)NC(=O)CCCCCCCCCCCCCCCCCC/C=C\CCCCCCCCCCCCCCOC(=O)CCCCCCCCCCCCCCC. The van der Waals surface area contributed by atoms with Crippen molar-refractivity contribution >= 4 is 11.9 Å². The minimum atomic E-state index is -0.663. The summed E-state index contributed by atoms with van der Waals surface area (Å²) in [5.74, 6) is -0.00629. The Kier molecular flexibility index (Phi) is 70.8. The molecule has 3 N–H and O–H groups in total. The lowest BCUT2D eigenvalue weighted by Crippen LogP contribution is -2.45. The van der Waals surface area contributed by atoms with Gasteiger partial charge in [-0.1, -0.05) is 386 Å². The Morgan fingerprint density at radius 2 is 0.573 bits per heavy atom. The first-order chi connectivity index (χ1) is 40.5. The van der Waals surface area contributed by atoms with Crippen LogP contribution in [0.4, 0.5) is 0 Å². The van der Waals surface area contributed by atoms with E-state index in [2.05, 4.69) is 31.3 Å². The molecule has 2 atom stereocenters. The molecule has 0 spiro atoms. The van der Waals surface area contributed by atoms with Gasteiger partial charge in [0.05, 0.1) is 25.4 Å². The lowest BCUT2D eigenvalue weighted by Gasteiger charge is -2.22. The monoisotopic (exact) mass is 1160 g/mol. The highest BCUT2D eigenvalue weighted by atomic mass is 16.5. The molecule has 0 aromatic carbocycles. The maximum Gasteiger partial charge on any atom is 0.305 e. The molecule has 0 aliphatic rings. The Morgan fingerprint density at radius 1 is 0.329 bits per heavy atom. The van der Waals surface area contributed by atoms with Crippen LogP contribution in [0.15, 0.2) is 12.2 Å². The first-order valence-electron chi connectivity index (χ1n) is 37.9. The fourth-order valence-corrected chi connectivity index (χ4v) is 12.3. The molecule has 82 heavy (non-hydrogen) atoms. The molecular weight excluding hydrogens is 1010 g/mol. The second-order valence-electron chi connectivity index (χ2n) is 26.3. The summed E-state index contributed by atoms with van der Waals surface area (Å²) in [5, 5.41) is 23.4. The minimum Gasteiger partial charge on any atom is -0.466 e. The molecule has 0 aromatic heterocycles. The average Bonchev–Trinajstić information content (AvgIpc) is 3.48. The van der Waals surface area contributed by atoms with Crippen LogP contribution in [0.1, 0.15) is 438 Å². The number of aliphatic hydroxyl groups excluding tert-OH is 2. The van der Waals surface area contributed by atoms with E-state index in [0.29, 0.717) is 25.9 Å². The van der Waals surface area contributed by atoms with Gasteiger partial charge in [0.2, 0.25) is 5.91 Å². The van der Waals surface area contributed by atoms with Gasteiger partial charge in [-0.3, -0.25) is 9.59 Å². The Labute approximate surface area is 514 Å². The van der Waals surface area contributed by atoms with Crippen LogP contribution in [0.2, 0.25) is 0 Å². The zero-order valence-corrected chi connectivity index (χ0v) is 56.0. The summed E-state index contributed by atoms with van der Waals surface area (Å²) in [5.41, 5.74) is 0. The standard InChI is InChI=1S/C76H149NO5/c1-3-5-7-9-11-13-15-17-18-19-20-35-38-41-45-48-52-56-60-64-68-74(79)73(72-78)77-75(80)69-65-61-57-53-49-46-42-39-36-33-31-29-27-25-23-21-22-24-26-28-30-32-34-37-40-43-47-51-55-59-63-67-71-82-76(81)70-66-62-58-54-50-44-16-14-12-10-8-6-4-2/h24,26,73-74,78-79H,3-23,25,27-72H2,1-2H3,(H,77,80)/b26-24-. The molecule has 488 valence electrons. The quantitative estimate of drug-likeness (QED) is 0.0320. The van der Waals surface area contributed by atoms with Crippen LogP contribution in [-0.2, 0) is 14.3 Å². The van der Waals surface area contributed by atoms with Crippen LogP contribution < -0.4 is 5.32 Å². The van der Waals surface area contributed by atoms with Crippen molar-refractivity contribution in [3.63, 3.8) is 0 Å². The van der Waals surface area contributed by atoms with E-state index in [1.165, 1.54) is 366 Å². The van der Waals surface area contributed by atoms with Gasteiger partial charge in [0.15, 0.2) is 0 Å². The highest BCUT2D eigenvalue weighted by molar-refractivity contribution is 5.76. The van der Waals surface area contributed by atoms with Gasteiger partial charge in [0, 0.05) is 12.8 Å². The van der Waals surface area contributed by atoms with Gasteiger partial charge in [-0.05, 0) is 51.4 Å². The van der Waals surface area contributed by atoms with Crippen LogP contribution in [0.5, 0.6) is 0 Å². The molecule has 6 heteroatoms. The fourth-order valence-electron chi connectivity index (χ4n) is 12.3. The molecule has 1 amide bonds. The second-order valence-corrected chi connectivity index (χ2v) is 26.3. The first-order valence-corrected chi connectivity index (χ1v) is 37.9. The van der Waals surface area contributed by atoms with E-state index >= 15 is 0 Å². The molecular formula is C76H149NO5. The molecule has 0 fully saturated rings. The molecule has 0 heterocycles. The van der Waals surface area contributed by atoms with Crippen LogP contribution in [0.25, 0.3) is 0 Å². The van der Waals surface area contributed by atoms with E-state index in [4.69, 9.17) is 4.74 Å². The van der Waals surface area contributed by atoms with Crippen molar-refractivity contribution in [1.29, 1.82) is 0 Å². The van der Waals surface area contributed by atoms with Gasteiger partial charge >= 0.3 is 5.97 Å². The average molecular weight is 1160 g/mol. The number of allylic oxidation sites excluding steroid dienone is 2. The summed E-state index contributed by atoms with van der Waals surface area (Å²) < 4.78 is 5.49. The van der Waals surface area contributed by atoms with Crippen molar-refractivity contribution in [1.82, 2.24) is 5.32 Å². The summed E-state index contributed by atoms with van der Waals surface area (Å²) in [6, 6.07) is -0.540. The topological polar surface area (TPSA) is 95.9 Å². The summed E-state index contributed by atoms with van der Waals surface area (Å²) >= 11 is 0. The van der Waals surface area contributed by atoms with E-state index in [1.54, 1.807) is 0 Å². The van der Waals surface area contributed by atoms with Gasteiger partial charge in [-0.25, -0.2) is 0 Å². The van der Waals surface area contributed by atoms with Crippen molar-refractivity contribution < 1.29 is 24.5 Å². The molecule has 0 bridgehead atoms. The number of carbonyl (C=O) groups is 2. The summed E-state index contributed by atoms with van der Waals surface area (Å²) in [7, 11) is 0. The number of aliphatic hydroxyl groups is 2. The van der Waals surface area contributed by atoms with E-state index < -0.39 is 12.1 Å². The lowest BCUT2D eigenvalue weighted by molar-refractivity contribution is -0.143. The maximum atomic E-state index is 12.6. The smallest absolute Gasteiger partial charge is 0.305 e. The molecule has 6 nitrogen and oxygen atoms in total. The van der Waals surface area contributed by atoms with Gasteiger partial charge in [-0.2, -0.15) is 0 Å². The van der Waals surface area contributed by atoms with E-state index in [1.807, 2.05) is 0 Å². The van der Waals surface area contributed by atoms with E-state index in [9.17, 15) is 19.8 Å². The third-order valence-electron chi connectivity index (χ3n) is 18.1. The number of hydrogen-bond acceptors (Lipinski definition) is 5. The Hall–Kier alpha value is -1.40. The lowest BCUT2D eigenvalue weighted by atomic mass is 10.0. The number of ether oxygens (including phenoxy) is 1. The summed E-state index contributed by atoms with van der Waals surface area (Å²) in [4.78, 5) is 24.6. The van der Waals surface area contributed by atoms with Gasteiger partial charge in [0.1, 0.15) is 0 Å². The summed E-state index contributed by atoms with van der Waals surface area (Å²) in [6.45, 7) is 5.01. The fraction of sp³-hybridized carbons (Fsp3) is 0.947. The molecule has 0 aromatic rings. The third kappa shape index (κ3) is 67.7. The normalized spacial score (nSPS) is 12.5. The molecule has 0 saturated carbocycles. The van der Waals surface area contributed by atoms with Crippen LogP contribution >= 0.6 is 0 Å². The van der Waals surface area contributed by atoms with Gasteiger partial charge < -0.3 is 20.3 Å². The first kappa shape index (κ1) is 80.6. The number of carbonyl (C=O) groups excluding carboxylic acids is 2. The highest BCUT2D eigenvalue weighted by Gasteiger charge is 2.20. The number of hydrogen-bond donors (Lipinski definition) is 3. The highest BCUT2D eigenvalue weighted by Crippen LogP contribution is 2.20. The third-order valence-corrected chi connectivity index (χ3v) is 18.1. The zero-order valence-electron chi connectivity index (χ0n) is 56.0. The van der Waals surface area contributed by atoms with Crippen molar-refractivity contribution in [2.24, 2.45) is 0 Å². The molecule has 0 aliphatic heterocycles. The molecule has 0 radical (unpaired) electrons. The second kappa shape index (κ2) is 72.1. The van der Waals surface area contributed by atoms with E-state index in [0.717, 1.165) is 38.5 Å². The van der Waals surface area contributed by atoms with Gasteiger partial charge in [0.25, 0.3) is 0 Å². The van der Waals surface area contributed by atoms with Crippen LogP contribution in [0.3, 0.4) is 0 Å². The predicted octanol–water partition coefficient (Wildman–Crippen LogP) is 24.7. The molecule has 0 rings (SSSR count). The Morgan fingerprint density at radius 3 is 0.866 bits per heavy atom. The number of rotatable bonds is 72. The van der Waals surface area contributed by atoms with Gasteiger partial charge in [-0.15, -0.1) is 0 Å². The van der Waals surface area contributed by atoms with Crippen LogP contribution in [0, 0.1) is 0 Å². The predicted molar refractivity (Wildman–Crippen MR) is 361 cm³/mol. The minimum absolute atomic E-state index is 0.0208. The number of unbranched alkanes of at least 4 members (excludes halogenated alkanes) is 59. The largest absolute Gasteiger partial charge is 0.466 e.